The Kier molecular flexibility index (Phi) is 4.29. The summed E-state index contributed by atoms with van der Waals surface area (Å²) in [5, 5.41) is 0. The minimum atomic E-state index is -0.387. The number of hydrogen-bond acceptors (Lipinski definition) is 4. The number of nitrogens with one attached hydrogen (secondary N) is 1. The van der Waals surface area contributed by atoms with Crippen molar-refractivity contribution < 1.29 is 18.7 Å². The second kappa shape index (κ2) is 6.54. The van der Waals surface area contributed by atoms with Crippen LogP contribution in [0.2, 0.25) is 0 Å². The highest BCUT2D eigenvalue weighted by molar-refractivity contribution is 6.07. The van der Waals surface area contributed by atoms with E-state index in [1.807, 2.05) is 6.07 Å². The van der Waals surface area contributed by atoms with Crippen molar-refractivity contribution in [2.45, 2.75) is 0 Å². The monoisotopic (exact) mass is 326 g/mol. The van der Waals surface area contributed by atoms with Crippen LogP contribution >= 0.6 is 0 Å². The van der Waals surface area contributed by atoms with Gasteiger partial charge >= 0.3 is 0 Å². The maximum Gasteiger partial charge on any atom is 0.210 e. The van der Waals surface area contributed by atoms with Crippen LogP contribution in [0.4, 0.5) is 4.39 Å². The van der Waals surface area contributed by atoms with Gasteiger partial charge < -0.3 is 14.5 Å². The van der Waals surface area contributed by atoms with Crippen LogP contribution in [0.25, 0.3) is 11.4 Å². The largest absolute Gasteiger partial charge is 0.493 e. The molecule has 5 nitrogen and oxygen atoms in total. The summed E-state index contributed by atoms with van der Waals surface area (Å²) in [6.07, 6.45) is 1.46. The molecule has 0 radical (unpaired) electrons. The Morgan fingerprint density at radius 2 is 1.75 bits per heavy atom. The van der Waals surface area contributed by atoms with Crippen LogP contribution in [0.15, 0.2) is 48.7 Å². The third-order valence-electron chi connectivity index (χ3n) is 3.58. The van der Waals surface area contributed by atoms with Crippen molar-refractivity contribution in [3.05, 3.63) is 65.7 Å². The number of rotatable bonds is 5. The van der Waals surface area contributed by atoms with Crippen molar-refractivity contribution in [1.29, 1.82) is 0 Å². The lowest BCUT2D eigenvalue weighted by Crippen LogP contribution is -2.01. The maximum absolute atomic E-state index is 13.0. The summed E-state index contributed by atoms with van der Waals surface area (Å²) < 4.78 is 23.4. The normalized spacial score (nSPS) is 10.5. The highest BCUT2D eigenvalue weighted by Gasteiger charge is 2.14. The van der Waals surface area contributed by atoms with Gasteiger partial charge in [0, 0.05) is 11.1 Å². The van der Waals surface area contributed by atoms with Gasteiger partial charge in [0.25, 0.3) is 0 Å². The first kappa shape index (κ1) is 15.7. The molecule has 1 heterocycles. The lowest BCUT2D eigenvalue weighted by molar-refractivity contribution is 0.103. The molecule has 122 valence electrons. The zero-order chi connectivity index (χ0) is 17.1. The molecule has 0 aliphatic heterocycles. The molecule has 0 fully saturated rings. The Hall–Kier alpha value is -3.15. The second-order valence-corrected chi connectivity index (χ2v) is 5.05. The first-order valence-corrected chi connectivity index (χ1v) is 7.20. The maximum atomic E-state index is 13.0. The predicted molar refractivity (Wildman–Crippen MR) is 87.0 cm³/mol. The van der Waals surface area contributed by atoms with E-state index in [1.165, 1.54) is 30.5 Å². The molecule has 0 aliphatic carbocycles. The average Bonchev–Trinajstić information content (AvgIpc) is 3.11. The van der Waals surface area contributed by atoms with Gasteiger partial charge in [-0.25, -0.2) is 9.37 Å². The molecule has 0 spiro atoms. The third-order valence-corrected chi connectivity index (χ3v) is 3.58. The number of aromatic nitrogens is 2. The minimum absolute atomic E-state index is 0.255. The van der Waals surface area contributed by atoms with Crippen molar-refractivity contribution in [1.82, 2.24) is 9.97 Å². The van der Waals surface area contributed by atoms with Gasteiger partial charge in [-0.1, -0.05) is 0 Å². The molecular formula is C18H15FN2O3. The Morgan fingerprint density at radius 1 is 1.04 bits per heavy atom. The SMILES string of the molecule is COc1ccc(-c2ncc(C(=O)c3ccc(F)cc3)[nH]2)cc1OC. The smallest absolute Gasteiger partial charge is 0.210 e. The van der Waals surface area contributed by atoms with Crippen LogP contribution in [-0.2, 0) is 0 Å². The van der Waals surface area contributed by atoms with Crippen LogP contribution in [0.5, 0.6) is 11.5 Å². The molecule has 0 unspecified atom stereocenters. The second-order valence-electron chi connectivity index (χ2n) is 5.05. The highest BCUT2D eigenvalue weighted by atomic mass is 19.1. The van der Waals surface area contributed by atoms with Crippen LogP contribution in [0, 0.1) is 5.82 Å². The van der Waals surface area contributed by atoms with E-state index >= 15 is 0 Å². The van der Waals surface area contributed by atoms with E-state index in [4.69, 9.17) is 9.47 Å². The number of ketones is 1. The van der Waals surface area contributed by atoms with Crippen LogP contribution in [-0.4, -0.2) is 30.0 Å². The van der Waals surface area contributed by atoms with Crippen LogP contribution < -0.4 is 9.47 Å². The molecule has 1 aromatic heterocycles. The number of H-pyrrole nitrogens is 1. The summed E-state index contributed by atoms with van der Waals surface area (Å²) in [5.74, 6) is 1.06. The Bertz CT molecular complexity index is 872. The van der Waals surface area contributed by atoms with Gasteiger partial charge in [-0.2, -0.15) is 0 Å². The summed E-state index contributed by atoms with van der Waals surface area (Å²) in [6.45, 7) is 0. The summed E-state index contributed by atoms with van der Waals surface area (Å²) in [7, 11) is 3.11. The molecule has 3 rings (SSSR count). The predicted octanol–water partition coefficient (Wildman–Crippen LogP) is 3.46. The molecule has 0 bridgehead atoms. The first-order valence-electron chi connectivity index (χ1n) is 7.20. The molecule has 0 aliphatic rings. The number of carbonyl (C=O) groups is 1. The fraction of sp³-hybridized carbons (Fsp3) is 0.111. The quantitative estimate of drug-likeness (QED) is 0.729. The molecule has 24 heavy (non-hydrogen) atoms. The Balaban J connectivity index is 1.90. The summed E-state index contributed by atoms with van der Waals surface area (Å²) >= 11 is 0. The van der Waals surface area contributed by atoms with Gasteiger partial charge in [0.2, 0.25) is 5.78 Å². The molecule has 1 N–H and O–H groups in total. The molecular weight excluding hydrogens is 311 g/mol. The topological polar surface area (TPSA) is 64.2 Å². The number of hydrogen-bond donors (Lipinski definition) is 1. The van der Waals surface area contributed by atoms with E-state index in [0.717, 1.165) is 5.56 Å². The van der Waals surface area contributed by atoms with Crippen LogP contribution in [0.3, 0.4) is 0 Å². The number of carbonyl (C=O) groups excluding carboxylic acids is 1. The number of aromatic amines is 1. The summed E-state index contributed by atoms with van der Waals surface area (Å²) in [6, 6.07) is 10.7. The van der Waals surface area contributed by atoms with Gasteiger partial charge in [0.15, 0.2) is 11.5 Å². The van der Waals surface area contributed by atoms with Crippen LogP contribution in [0.1, 0.15) is 16.1 Å². The lowest BCUT2D eigenvalue weighted by atomic mass is 10.1. The van der Waals surface area contributed by atoms with Gasteiger partial charge in [-0.15, -0.1) is 0 Å². The van der Waals surface area contributed by atoms with Crippen molar-refractivity contribution in [2.24, 2.45) is 0 Å². The molecule has 0 amide bonds. The van der Waals surface area contributed by atoms with E-state index < -0.39 is 0 Å². The van der Waals surface area contributed by atoms with Gasteiger partial charge in [0.05, 0.1) is 20.4 Å². The number of nitrogens with zero attached hydrogens (tertiary/aromatic N) is 1. The van der Waals surface area contributed by atoms with Gasteiger partial charge in [-0.3, -0.25) is 4.79 Å². The zero-order valence-electron chi connectivity index (χ0n) is 13.2. The van der Waals surface area contributed by atoms with Gasteiger partial charge in [0.1, 0.15) is 17.3 Å². The molecule has 0 saturated heterocycles. The number of methoxy groups -OCH3 is 2. The summed E-state index contributed by atoms with van der Waals surface area (Å²) in [5.41, 5.74) is 1.47. The Labute approximate surface area is 138 Å². The van der Waals surface area contributed by atoms with E-state index in [2.05, 4.69) is 9.97 Å². The van der Waals surface area contributed by atoms with E-state index in [1.54, 1.807) is 26.4 Å². The molecule has 0 atom stereocenters. The van der Waals surface area contributed by atoms with Crippen molar-refractivity contribution >= 4 is 5.78 Å². The number of ether oxygens (including phenoxy) is 2. The number of benzene rings is 2. The molecule has 0 saturated carbocycles. The lowest BCUT2D eigenvalue weighted by Gasteiger charge is -2.08. The first-order chi connectivity index (χ1) is 11.6. The molecule has 6 heteroatoms. The van der Waals surface area contributed by atoms with E-state index in [-0.39, 0.29) is 11.6 Å². The number of halogens is 1. The zero-order valence-corrected chi connectivity index (χ0v) is 13.2. The minimum Gasteiger partial charge on any atom is -0.493 e. The fourth-order valence-electron chi connectivity index (χ4n) is 2.32. The Morgan fingerprint density at radius 3 is 2.42 bits per heavy atom. The van der Waals surface area contributed by atoms with Crippen molar-refractivity contribution in [2.75, 3.05) is 14.2 Å². The standard InChI is InChI=1S/C18H15FN2O3/c1-23-15-8-5-12(9-16(15)24-2)18-20-10-14(21-18)17(22)11-3-6-13(19)7-4-11/h3-10H,1-2H3,(H,20,21). The molecule has 3 aromatic rings. The highest BCUT2D eigenvalue weighted by Crippen LogP contribution is 2.31. The van der Waals surface area contributed by atoms with Crippen molar-refractivity contribution in [3.8, 4) is 22.9 Å². The van der Waals surface area contributed by atoms with E-state index in [9.17, 15) is 9.18 Å². The molecule has 2 aromatic carbocycles. The summed E-state index contributed by atoms with van der Waals surface area (Å²) in [4.78, 5) is 19.6. The average molecular weight is 326 g/mol. The van der Waals surface area contributed by atoms with E-state index in [0.29, 0.717) is 28.6 Å². The third kappa shape index (κ3) is 2.99. The van der Waals surface area contributed by atoms with Crippen molar-refractivity contribution in [3.63, 3.8) is 0 Å². The fourth-order valence-corrected chi connectivity index (χ4v) is 2.32. The number of imidazole rings is 1. The van der Waals surface area contributed by atoms with Gasteiger partial charge in [-0.05, 0) is 42.5 Å².